The average molecular weight is 298 g/mol. The Morgan fingerprint density at radius 2 is 1.81 bits per heavy atom. The van der Waals surface area contributed by atoms with Crippen molar-refractivity contribution in [1.29, 1.82) is 0 Å². The number of hydrogen-bond acceptors (Lipinski definition) is 2. The summed E-state index contributed by atoms with van der Waals surface area (Å²) in [5, 5.41) is 12.2. The van der Waals surface area contributed by atoms with Gasteiger partial charge in [-0.05, 0) is 31.6 Å². The van der Waals surface area contributed by atoms with Crippen molar-refractivity contribution in [3.63, 3.8) is 0 Å². The van der Waals surface area contributed by atoms with Gasteiger partial charge in [0.25, 0.3) is 0 Å². The molecule has 122 valence electrons. The Morgan fingerprint density at radius 3 is 2.14 bits per heavy atom. The van der Waals surface area contributed by atoms with E-state index in [-0.39, 0.29) is 18.6 Å². The Hall–Kier alpha value is -1.26. The van der Waals surface area contributed by atoms with Gasteiger partial charge in [-0.3, -0.25) is 4.79 Å². The smallest absolute Gasteiger partial charge is 0.317 e. The first-order chi connectivity index (χ1) is 9.86. The Balaban J connectivity index is 2.65. The molecule has 1 fully saturated rings. The molecule has 0 bridgehead atoms. The van der Waals surface area contributed by atoms with Crippen molar-refractivity contribution >= 4 is 12.0 Å². The Morgan fingerprint density at radius 1 is 1.24 bits per heavy atom. The number of urea groups is 1. The molecule has 1 aliphatic carbocycles. The summed E-state index contributed by atoms with van der Waals surface area (Å²) in [7, 11) is 0. The SMILES string of the molecule is CCC(CC)N(CC(C)C)C(=O)NCC1(C(=O)O)CCC1. The van der Waals surface area contributed by atoms with E-state index >= 15 is 0 Å². The summed E-state index contributed by atoms with van der Waals surface area (Å²) in [6, 6.07) is 0.0968. The van der Waals surface area contributed by atoms with Crippen LogP contribution in [0, 0.1) is 11.3 Å². The summed E-state index contributed by atoms with van der Waals surface area (Å²) in [5.41, 5.74) is -0.729. The molecule has 1 aliphatic rings. The van der Waals surface area contributed by atoms with Crippen molar-refractivity contribution in [2.75, 3.05) is 13.1 Å². The number of carbonyl (C=O) groups excluding carboxylic acids is 1. The van der Waals surface area contributed by atoms with Gasteiger partial charge in [-0.2, -0.15) is 0 Å². The van der Waals surface area contributed by atoms with Gasteiger partial charge < -0.3 is 15.3 Å². The zero-order valence-electron chi connectivity index (χ0n) is 13.8. The van der Waals surface area contributed by atoms with Crippen molar-refractivity contribution in [1.82, 2.24) is 10.2 Å². The van der Waals surface area contributed by atoms with Crippen molar-refractivity contribution in [2.24, 2.45) is 11.3 Å². The quantitative estimate of drug-likeness (QED) is 0.723. The zero-order chi connectivity index (χ0) is 16.0. The third-order valence-electron chi connectivity index (χ3n) is 4.55. The van der Waals surface area contributed by atoms with Crippen molar-refractivity contribution in [3.05, 3.63) is 0 Å². The first kappa shape index (κ1) is 17.8. The molecule has 0 saturated heterocycles. The summed E-state index contributed by atoms with van der Waals surface area (Å²) in [4.78, 5) is 25.7. The van der Waals surface area contributed by atoms with Crippen LogP contribution in [0.3, 0.4) is 0 Å². The Bertz CT molecular complexity index is 361. The van der Waals surface area contributed by atoms with Gasteiger partial charge in [0, 0.05) is 19.1 Å². The molecule has 0 atom stereocenters. The topological polar surface area (TPSA) is 69.6 Å². The maximum Gasteiger partial charge on any atom is 0.317 e. The summed E-state index contributed by atoms with van der Waals surface area (Å²) < 4.78 is 0. The number of carboxylic acids is 1. The molecule has 0 aromatic carbocycles. The Labute approximate surface area is 128 Å². The molecule has 0 spiro atoms. The third-order valence-corrected chi connectivity index (χ3v) is 4.55. The molecular formula is C16H30N2O3. The van der Waals surface area contributed by atoms with Crippen LogP contribution in [0.1, 0.15) is 59.8 Å². The molecule has 21 heavy (non-hydrogen) atoms. The summed E-state index contributed by atoms with van der Waals surface area (Å²) in [6.45, 7) is 9.30. The second-order valence-corrected chi connectivity index (χ2v) is 6.61. The molecule has 0 radical (unpaired) electrons. The predicted molar refractivity (Wildman–Crippen MR) is 83.2 cm³/mol. The zero-order valence-corrected chi connectivity index (χ0v) is 13.8. The molecule has 1 rings (SSSR count). The maximum absolute atomic E-state index is 12.5. The fourth-order valence-electron chi connectivity index (χ4n) is 2.94. The van der Waals surface area contributed by atoms with Gasteiger partial charge in [-0.1, -0.05) is 34.1 Å². The van der Waals surface area contributed by atoms with Crippen LogP contribution in [-0.4, -0.2) is 41.1 Å². The number of nitrogens with zero attached hydrogens (tertiary/aromatic N) is 1. The predicted octanol–water partition coefficient (Wildman–Crippen LogP) is 3.10. The first-order valence-electron chi connectivity index (χ1n) is 8.14. The molecule has 5 nitrogen and oxygen atoms in total. The van der Waals surface area contributed by atoms with Crippen molar-refractivity contribution in [2.45, 2.75) is 65.8 Å². The number of hydrogen-bond donors (Lipinski definition) is 2. The standard InChI is InChI=1S/C16H30N2O3/c1-5-13(6-2)18(10-12(3)4)15(21)17-11-16(14(19)20)8-7-9-16/h12-13H,5-11H2,1-4H3,(H,17,21)(H,19,20). The van der Waals surface area contributed by atoms with Crippen molar-refractivity contribution in [3.8, 4) is 0 Å². The minimum atomic E-state index is -0.785. The lowest BCUT2D eigenvalue weighted by molar-refractivity contribution is -0.153. The van der Waals surface area contributed by atoms with Crippen LogP contribution < -0.4 is 5.32 Å². The first-order valence-corrected chi connectivity index (χ1v) is 8.14. The van der Waals surface area contributed by atoms with Crippen LogP contribution in [0.4, 0.5) is 4.79 Å². The van der Waals surface area contributed by atoms with E-state index in [1.807, 2.05) is 4.90 Å². The van der Waals surface area contributed by atoms with Crippen LogP contribution in [0.5, 0.6) is 0 Å². The highest BCUT2D eigenvalue weighted by Gasteiger charge is 2.44. The summed E-state index contributed by atoms with van der Waals surface area (Å²) in [6.07, 6.45) is 4.10. The number of carboxylic acid groups (broad SMARTS) is 1. The van der Waals surface area contributed by atoms with Gasteiger partial charge in [-0.25, -0.2) is 4.79 Å². The van der Waals surface area contributed by atoms with Crippen molar-refractivity contribution < 1.29 is 14.7 Å². The van der Waals surface area contributed by atoms with E-state index in [0.717, 1.165) is 19.3 Å². The number of amides is 2. The van der Waals surface area contributed by atoms with E-state index in [0.29, 0.717) is 25.3 Å². The van der Waals surface area contributed by atoms with E-state index < -0.39 is 11.4 Å². The molecule has 2 N–H and O–H groups in total. The van der Waals surface area contributed by atoms with E-state index in [1.165, 1.54) is 0 Å². The minimum absolute atomic E-state index is 0.120. The number of rotatable bonds is 8. The highest BCUT2D eigenvalue weighted by atomic mass is 16.4. The third kappa shape index (κ3) is 4.35. The van der Waals surface area contributed by atoms with E-state index in [1.54, 1.807) is 0 Å². The van der Waals surface area contributed by atoms with E-state index in [2.05, 4.69) is 33.0 Å². The number of nitrogens with one attached hydrogen (secondary N) is 1. The largest absolute Gasteiger partial charge is 0.481 e. The average Bonchev–Trinajstić information content (AvgIpc) is 2.36. The highest BCUT2D eigenvalue weighted by Crippen LogP contribution is 2.40. The van der Waals surface area contributed by atoms with Gasteiger partial charge in [0.05, 0.1) is 5.41 Å². The normalized spacial score (nSPS) is 16.7. The molecule has 0 aromatic rings. The number of aliphatic carboxylic acids is 1. The maximum atomic E-state index is 12.5. The summed E-state index contributed by atoms with van der Waals surface area (Å²) in [5.74, 6) is -0.388. The van der Waals surface area contributed by atoms with Gasteiger partial charge in [0.15, 0.2) is 0 Å². The molecule has 5 heteroatoms. The van der Waals surface area contributed by atoms with Gasteiger partial charge in [0.2, 0.25) is 0 Å². The molecular weight excluding hydrogens is 268 g/mol. The van der Waals surface area contributed by atoms with Crippen LogP contribution in [0.2, 0.25) is 0 Å². The minimum Gasteiger partial charge on any atom is -0.481 e. The lowest BCUT2D eigenvalue weighted by Crippen LogP contribution is -2.53. The monoisotopic (exact) mass is 298 g/mol. The molecule has 0 heterocycles. The van der Waals surface area contributed by atoms with Crippen LogP contribution in [-0.2, 0) is 4.79 Å². The van der Waals surface area contributed by atoms with E-state index in [9.17, 15) is 14.7 Å². The second kappa shape index (κ2) is 7.66. The summed E-state index contributed by atoms with van der Waals surface area (Å²) >= 11 is 0. The van der Waals surface area contributed by atoms with Crippen LogP contribution in [0.25, 0.3) is 0 Å². The van der Waals surface area contributed by atoms with Gasteiger partial charge in [0.1, 0.15) is 0 Å². The lowest BCUT2D eigenvalue weighted by atomic mass is 9.69. The van der Waals surface area contributed by atoms with Gasteiger partial charge >= 0.3 is 12.0 Å². The highest BCUT2D eigenvalue weighted by molar-refractivity contribution is 5.79. The molecule has 0 unspecified atom stereocenters. The Kier molecular flexibility index (Phi) is 6.49. The molecule has 0 aromatic heterocycles. The molecule has 0 aliphatic heterocycles. The van der Waals surface area contributed by atoms with Crippen LogP contribution >= 0.6 is 0 Å². The number of carbonyl (C=O) groups is 2. The molecule has 2 amide bonds. The van der Waals surface area contributed by atoms with E-state index in [4.69, 9.17) is 0 Å². The van der Waals surface area contributed by atoms with Gasteiger partial charge in [-0.15, -0.1) is 0 Å². The fourth-order valence-corrected chi connectivity index (χ4v) is 2.94. The lowest BCUT2D eigenvalue weighted by Gasteiger charge is -2.39. The molecule has 1 saturated carbocycles. The van der Waals surface area contributed by atoms with Crippen LogP contribution in [0.15, 0.2) is 0 Å². The second-order valence-electron chi connectivity index (χ2n) is 6.61. The fraction of sp³-hybridized carbons (Fsp3) is 0.875.